The Kier molecular flexibility index (Phi) is 4.50. The number of para-hydroxylation sites is 2. The highest BCUT2D eigenvalue weighted by atomic mass is 16.5. The number of carboxylic acids is 1. The van der Waals surface area contributed by atoms with E-state index in [1.54, 1.807) is 18.2 Å². The lowest BCUT2D eigenvalue weighted by Gasteiger charge is -2.10. The van der Waals surface area contributed by atoms with Crippen molar-refractivity contribution >= 4 is 11.7 Å². The molecular weight excluding hydrogens is 272 g/mol. The van der Waals surface area contributed by atoms with Gasteiger partial charge in [0.15, 0.2) is 11.5 Å². The summed E-state index contributed by atoms with van der Waals surface area (Å²) in [5, 5.41) is 16.8. The first-order chi connectivity index (χ1) is 10.1. The number of pyridine rings is 1. The number of ether oxygens (including phenoxy) is 2. The third-order valence-corrected chi connectivity index (χ3v) is 2.76. The first-order valence-electron chi connectivity index (χ1n) is 6.14. The van der Waals surface area contributed by atoms with Crippen LogP contribution in [0.15, 0.2) is 42.6 Å². The monoisotopic (exact) mass is 286 g/mol. The van der Waals surface area contributed by atoms with E-state index in [1.807, 2.05) is 6.07 Å². The number of rotatable bonds is 6. The number of hydrogen-bond acceptors (Lipinski definition) is 5. The van der Waals surface area contributed by atoms with E-state index in [2.05, 4.69) is 4.98 Å². The summed E-state index contributed by atoms with van der Waals surface area (Å²) in [4.78, 5) is 14.9. The topological polar surface area (TPSA) is 92.5 Å². The summed E-state index contributed by atoms with van der Waals surface area (Å²) >= 11 is 0. The van der Waals surface area contributed by atoms with Gasteiger partial charge in [-0.05, 0) is 24.3 Å². The number of aromatic carboxylic acids is 1. The molecule has 0 aliphatic heterocycles. The molecule has 0 saturated heterocycles. The van der Waals surface area contributed by atoms with Gasteiger partial charge in [0.2, 0.25) is 0 Å². The molecule has 0 aliphatic rings. The smallest absolute Gasteiger partial charge is 0.335 e. The van der Waals surface area contributed by atoms with Gasteiger partial charge in [0.05, 0.1) is 24.1 Å². The Morgan fingerprint density at radius 3 is 2.67 bits per heavy atom. The molecule has 2 rings (SSSR count). The highest BCUT2D eigenvalue weighted by molar-refractivity contribution is 5.99. The summed E-state index contributed by atoms with van der Waals surface area (Å²) in [5.74, 6) is 0.0220. The largest absolute Gasteiger partial charge is 0.493 e. The van der Waals surface area contributed by atoms with Crippen molar-refractivity contribution in [2.45, 2.75) is 0 Å². The Labute approximate surface area is 121 Å². The third kappa shape index (κ3) is 3.56. The number of aromatic nitrogens is 1. The molecular formula is C15H14N2O4. The lowest BCUT2D eigenvalue weighted by atomic mass is 10.2. The molecule has 108 valence electrons. The van der Waals surface area contributed by atoms with Crippen molar-refractivity contribution in [1.82, 2.24) is 4.98 Å². The fourth-order valence-electron chi connectivity index (χ4n) is 1.69. The van der Waals surface area contributed by atoms with E-state index < -0.39 is 5.97 Å². The van der Waals surface area contributed by atoms with Crippen molar-refractivity contribution in [3.8, 4) is 11.5 Å². The lowest BCUT2D eigenvalue weighted by molar-refractivity contribution is 0.0696. The number of nitrogens with one attached hydrogen (secondary N) is 1. The lowest BCUT2D eigenvalue weighted by Crippen LogP contribution is -2.14. The van der Waals surface area contributed by atoms with Crippen LogP contribution < -0.4 is 9.47 Å². The van der Waals surface area contributed by atoms with Crippen molar-refractivity contribution in [2.75, 3.05) is 13.7 Å². The molecule has 2 aromatic rings. The van der Waals surface area contributed by atoms with Gasteiger partial charge in [0.25, 0.3) is 0 Å². The molecule has 21 heavy (non-hydrogen) atoms. The van der Waals surface area contributed by atoms with Crippen LogP contribution in [0.25, 0.3) is 0 Å². The normalized spacial score (nSPS) is 9.95. The molecule has 0 saturated carbocycles. The molecule has 0 unspecified atom stereocenters. The maximum atomic E-state index is 10.9. The van der Waals surface area contributed by atoms with Crippen molar-refractivity contribution in [3.05, 3.63) is 53.9 Å². The van der Waals surface area contributed by atoms with Gasteiger partial charge in [-0.2, -0.15) is 0 Å². The second-order valence-electron chi connectivity index (χ2n) is 4.15. The van der Waals surface area contributed by atoms with Crippen LogP contribution in [0.1, 0.15) is 16.1 Å². The molecule has 0 bridgehead atoms. The molecule has 1 heterocycles. The van der Waals surface area contributed by atoms with E-state index in [4.69, 9.17) is 20.0 Å². The molecule has 0 amide bonds. The molecule has 0 atom stereocenters. The summed E-state index contributed by atoms with van der Waals surface area (Å²) in [6.07, 6.45) is 1.36. The van der Waals surface area contributed by atoms with Crippen molar-refractivity contribution in [3.63, 3.8) is 0 Å². The van der Waals surface area contributed by atoms with E-state index in [9.17, 15) is 4.79 Å². The Balaban J connectivity index is 2.08. The summed E-state index contributed by atoms with van der Waals surface area (Å²) in [6.45, 7) is -0.0313. The highest BCUT2D eigenvalue weighted by Gasteiger charge is 2.10. The first kappa shape index (κ1) is 14.5. The standard InChI is InChI=1S/C15H14N2O4/c1-20-13-4-2-3-5-14(13)21-9-11(16)12-8-10(15(18)19)6-7-17-12/h2-8,16H,9H2,1H3,(H,18,19). The van der Waals surface area contributed by atoms with Gasteiger partial charge in [-0.1, -0.05) is 12.1 Å². The van der Waals surface area contributed by atoms with Crippen LogP contribution in [-0.2, 0) is 0 Å². The molecule has 6 heteroatoms. The Morgan fingerprint density at radius 2 is 2.00 bits per heavy atom. The number of hydrogen-bond donors (Lipinski definition) is 2. The summed E-state index contributed by atoms with van der Waals surface area (Å²) in [7, 11) is 1.53. The van der Waals surface area contributed by atoms with E-state index >= 15 is 0 Å². The SMILES string of the molecule is COc1ccccc1OCC(=N)c1cc(C(=O)O)ccn1. The van der Waals surface area contributed by atoms with E-state index in [0.717, 1.165) is 0 Å². The molecule has 2 N–H and O–H groups in total. The van der Waals surface area contributed by atoms with E-state index in [1.165, 1.54) is 25.4 Å². The minimum absolute atomic E-state index is 0.0313. The van der Waals surface area contributed by atoms with E-state index in [0.29, 0.717) is 11.5 Å². The number of nitrogens with zero attached hydrogens (tertiary/aromatic N) is 1. The average Bonchev–Trinajstić information content (AvgIpc) is 2.52. The number of methoxy groups -OCH3 is 1. The molecule has 6 nitrogen and oxygen atoms in total. The fourth-order valence-corrected chi connectivity index (χ4v) is 1.69. The van der Waals surface area contributed by atoms with Gasteiger partial charge in [0.1, 0.15) is 6.61 Å². The first-order valence-corrected chi connectivity index (χ1v) is 6.14. The molecule has 0 fully saturated rings. The van der Waals surface area contributed by atoms with Crippen LogP contribution in [0.3, 0.4) is 0 Å². The third-order valence-electron chi connectivity index (χ3n) is 2.76. The zero-order valence-electron chi connectivity index (χ0n) is 11.4. The van der Waals surface area contributed by atoms with Crippen LogP contribution >= 0.6 is 0 Å². The predicted molar refractivity (Wildman–Crippen MR) is 76.5 cm³/mol. The zero-order valence-corrected chi connectivity index (χ0v) is 11.4. The Morgan fingerprint density at radius 1 is 1.29 bits per heavy atom. The number of carboxylic acid groups (broad SMARTS) is 1. The Bertz CT molecular complexity index is 670. The van der Waals surface area contributed by atoms with Gasteiger partial charge < -0.3 is 14.6 Å². The minimum atomic E-state index is -1.06. The zero-order chi connectivity index (χ0) is 15.2. The van der Waals surface area contributed by atoms with E-state index in [-0.39, 0.29) is 23.6 Å². The quantitative estimate of drug-likeness (QED) is 0.794. The maximum absolute atomic E-state index is 10.9. The summed E-state index contributed by atoms with van der Waals surface area (Å²) < 4.78 is 10.7. The molecule has 0 aliphatic carbocycles. The summed E-state index contributed by atoms with van der Waals surface area (Å²) in [6, 6.07) is 9.81. The van der Waals surface area contributed by atoms with Crippen molar-refractivity contribution < 1.29 is 19.4 Å². The van der Waals surface area contributed by atoms with Crippen LogP contribution in [0, 0.1) is 5.41 Å². The molecule has 1 aromatic heterocycles. The second kappa shape index (κ2) is 6.51. The summed E-state index contributed by atoms with van der Waals surface area (Å²) in [5.41, 5.74) is 0.441. The second-order valence-corrected chi connectivity index (χ2v) is 4.15. The van der Waals surface area contributed by atoms with Crippen LogP contribution in [0.4, 0.5) is 0 Å². The van der Waals surface area contributed by atoms with Gasteiger partial charge in [-0.3, -0.25) is 10.4 Å². The van der Waals surface area contributed by atoms with Gasteiger partial charge in [-0.15, -0.1) is 0 Å². The van der Waals surface area contributed by atoms with Crippen molar-refractivity contribution in [2.24, 2.45) is 0 Å². The van der Waals surface area contributed by atoms with Crippen LogP contribution in [0.5, 0.6) is 11.5 Å². The number of carbonyl (C=O) groups is 1. The molecule has 1 aromatic carbocycles. The maximum Gasteiger partial charge on any atom is 0.335 e. The number of benzene rings is 1. The Hall–Kier alpha value is -2.89. The highest BCUT2D eigenvalue weighted by Crippen LogP contribution is 2.25. The van der Waals surface area contributed by atoms with Gasteiger partial charge >= 0.3 is 5.97 Å². The predicted octanol–water partition coefficient (Wildman–Crippen LogP) is 2.24. The average molecular weight is 286 g/mol. The van der Waals surface area contributed by atoms with Crippen LogP contribution in [0.2, 0.25) is 0 Å². The fraction of sp³-hybridized carbons (Fsp3) is 0.133. The molecule has 0 radical (unpaired) electrons. The van der Waals surface area contributed by atoms with Crippen molar-refractivity contribution in [1.29, 1.82) is 5.41 Å². The van der Waals surface area contributed by atoms with Gasteiger partial charge in [0, 0.05) is 6.20 Å². The van der Waals surface area contributed by atoms with Gasteiger partial charge in [-0.25, -0.2) is 4.79 Å². The van der Waals surface area contributed by atoms with Crippen LogP contribution in [-0.4, -0.2) is 35.5 Å². The molecule has 0 spiro atoms. The minimum Gasteiger partial charge on any atom is -0.493 e.